The zero-order chi connectivity index (χ0) is 28.4. The minimum Gasteiger partial charge on any atom is -0.508 e. The second-order valence-corrected chi connectivity index (χ2v) is 13.4. The number of aryl methyl sites for hydroxylation is 1. The van der Waals surface area contributed by atoms with Gasteiger partial charge in [0.2, 0.25) is 0 Å². The molecule has 1 aromatic carbocycles. The average molecular weight is 553 g/mol. The summed E-state index contributed by atoms with van der Waals surface area (Å²) in [6.07, 6.45) is 27.1. The van der Waals surface area contributed by atoms with E-state index < -0.39 is 0 Å². The molecule has 0 spiro atoms. The van der Waals surface area contributed by atoms with Gasteiger partial charge in [0.1, 0.15) is 11.5 Å². The Balaban J connectivity index is 1.16. The molecule has 3 aliphatic rings. The quantitative estimate of drug-likeness (QED) is 0.0927. The molecule has 0 amide bonds. The van der Waals surface area contributed by atoms with Gasteiger partial charge in [0, 0.05) is 18.1 Å². The number of rotatable bonds is 16. The Bertz CT molecular complexity index is 968. The van der Waals surface area contributed by atoms with E-state index >= 15 is 0 Å². The van der Waals surface area contributed by atoms with Crippen LogP contribution in [0.1, 0.15) is 153 Å². The summed E-state index contributed by atoms with van der Waals surface area (Å²) < 4.78 is 5.96. The van der Waals surface area contributed by atoms with E-state index in [0.29, 0.717) is 29.9 Å². The third-order valence-electron chi connectivity index (χ3n) is 10.6. The summed E-state index contributed by atoms with van der Waals surface area (Å²) >= 11 is 0. The van der Waals surface area contributed by atoms with E-state index in [4.69, 9.17) is 4.74 Å². The number of benzene rings is 1. The van der Waals surface area contributed by atoms with Crippen LogP contribution in [0.4, 0.5) is 0 Å². The Kier molecular flexibility index (Phi) is 12.0. The lowest BCUT2D eigenvalue weighted by Crippen LogP contribution is -2.44. The molecule has 0 saturated heterocycles. The van der Waals surface area contributed by atoms with Crippen LogP contribution in [0.15, 0.2) is 24.3 Å². The molecular weight excluding hydrogens is 496 g/mol. The van der Waals surface area contributed by atoms with Gasteiger partial charge >= 0.3 is 5.97 Å². The normalized spacial score (nSPS) is 27.4. The number of fused-ring (bicyclic) bond motifs is 5. The minimum absolute atomic E-state index is 0.0241. The smallest absolute Gasteiger partial charge is 0.311 e. The number of unbranched alkanes of at least 4 members (excludes halogenated alkanes) is 11. The highest BCUT2D eigenvalue weighted by molar-refractivity contribution is 5.73. The maximum Gasteiger partial charge on any atom is 0.311 e. The van der Waals surface area contributed by atoms with Crippen LogP contribution in [0.25, 0.3) is 0 Å². The molecule has 0 aliphatic heterocycles. The van der Waals surface area contributed by atoms with E-state index in [0.717, 1.165) is 68.9 Å². The number of hydrogen-bond donors (Lipinski definition) is 2. The van der Waals surface area contributed by atoms with E-state index in [9.17, 15) is 15.0 Å². The van der Waals surface area contributed by atoms with E-state index in [2.05, 4.69) is 26.0 Å². The molecule has 3 aliphatic carbocycles. The molecular formula is C36H56O4. The first-order chi connectivity index (χ1) is 19.4. The molecule has 2 N–H and O–H groups in total. The number of ether oxygens (including phenoxy) is 1. The lowest BCUT2D eigenvalue weighted by molar-refractivity contribution is -0.134. The summed E-state index contributed by atoms with van der Waals surface area (Å²) in [7, 11) is 0. The van der Waals surface area contributed by atoms with Crippen molar-refractivity contribution in [3.05, 3.63) is 35.4 Å². The van der Waals surface area contributed by atoms with Gasteiger partial charge in [-0.1, -0.05) is 77.4 Å². The van der Waals surface area contributed by atoms with E-state index in [1.807, 2.05) is 6.07 Å². The predicted octanol–water partition coefficient (Wildman–Crippen LogP) is 9.55. The van der Waals surface area contributed by atoms with Gasteiger partial charge in [0.15, 0.2) is 0 Å². The molecule has 1 aromatic rings. The number of esters is 1. The van der Waals surface area contributed by atoms with Crippen molar-refractivity contribution in [1.29, 1.82) is 0 Å². The van der Waals surface area contributed by atoms with Crippen LogP contribution in [0.2, 0.25) is 0 Å². The molecule has 2 saturated carbocycles. The van der Waals surface area contributed by atoms with E-state index in [1.54, 1.807) is 6.07 Å². The molecule has 4 rings (SSSR count). The van der Waals surface area contributed by atoms with Gasteiger partial charge in [-0.05, 0) is 105 Å². The van der Waals surface area contributed by atoms with Crippen molar-refractivity contribution in [3.8, 4) is 11.5 Å². The molecule has 224 valence electrons. The van der Waals surface area contributed by atoms with Crippen molar-refractivity contribution in [3.63, 3.8) is 0 Å². The summed E-state index contributed by atoms with van der Waals surface area (Å²) in [6.45, 7) is 4.55. The Morgan fingerprint density at radius 1 is 0.925 bits per heavy atom. The lowest BCUT2D eigenvalue weighted by Gasteiger charge is -2.50. The highest BCUT2D eigenvalue weighted by atomic mass is 16.5. The maximum atomic E-state index is 12.8. The van der Waals surface area contributed by atoms with Gasteiger partial charge in [-0.25, -0.2) is 0 Å². The zero-order valence-corrected chi connectivity index (χ0v) is 25.5. The SMILES string of the molecule is CCCCCCCC/C=C\CCCCCCCC(=O)Oc1cc(O)cc2c1[C@H]1CC[C@]3(C)[C@H](O)CC[C@H]3[C@@H]1CC2. The van der Waals surface area contributed by atoms with Crippen LogP contribution in [-0.4, -0.2) is 22.3 Å². The van der Waals surface area contributed by atoms with Crippen LogP contribution < -0.4 is 4.74 Å². The standard InChI is InChI=1S/C36H56O4/c1-3-4-5-6-7-8-9-10-11-12-13-14-15-16-17-18-34(39)40-32-26-28(37)25-27-19-20-29-30(35(27)32)23-24-36(2)31(29)21-22-33(36)38/h10-11,25-26,29-31,33,37-38H,3-9,12-24H2,1-2H3/b11-10-/t29-,30+,31+,33-,36+/m1/s1. The lowest BCUT2D eigenvalue weighted by atomic mass is 9.55. The molecule has 2 fully saturated rings. The molecule has 0 heterocycles. The van der Waals surface area contributed by atoms with Crippen molar-refractivity contribution in [1.82, 2.24) is 0 Å². The van der Waals surface area contributed by atoms with E-state index in [1.165, 1.54) is 64.2 Å². The summed E-state index contributed by atoms with van der Waals surface area (Å²) in [5.74, 6) is 2.01. The monoisotopic (exact) mass is 552 g/mol. The Hall–Kier alpha value is -1.81. The average Bonchev–Trinajstić information content (AvgIpc) is 3.24. The van der Waals surface area contributed by atoms with Gasteiger partial charge in [-0.15, -0.1) is 0 Å². The number of carbonyl (C=O) groups is 1. The minimum atomic E-state index is -0.191. The highest BCUT2D eigenvalue weighted by Gasteiger charge is 2.54. The molecule has 0 aromatic heterocycles. The number of aliphatic hydroxyl groups excluding tert-OH is 1. The largest absolute Gasteiger partial charge is 0.508 e. The van der Waals surface area contributed by atoms with Crippen LogP contribution in [0.3, 0.4) is 0 Å². The molecule has 5 atom stereocenters. The zero-order valence-electron chi connectivity index (χ0n) is 25.5. The van der Waals surface area contributed by atoms with Crippen molar-refractivity contribution in [2.24, 2.45) is 17.3 Å². The first-order valence-corrected chi connectivity index (χ1v) is 16.8. The van der Waals surface area contributed by atoms with Crippen LogP contribution in [0.5, 0.6) is 11.5 Å². The van der Waals surface area contributed by atoms with Gasteiger partial charge in [0.25, 0.3) is 0 Å². The molecule has 4 nitrogen and oxygen atoms in total. The second-order valence-electron chi connectivity index (χ2n) is 13.4. The Morgan fingerprint density at radius 3 is 2.33 bits per heavy atom. The van der Waals surface area contributed by atoms with Crippen molar-refractivity contribution in [2.45, 2.75) is 154 Å². The predicted molar refractivity (Wildman–Crippen MR) is 164 cm³/mol. The van der Waals surface area contributed by atoms with Gasteiger partial charge in [-0.2, -0.15) is 0 Å². The Morgan fingerprint density at radius 2 is 1.60 bits per heavy atom. The number of phenols is 1. The highest BCUT2D eigenvalue weighted by Crippen LogP contribution is 2.62. The topological polar surface area (TPSA) is 66.8 Å². The number of phenolic OH excluding ortho intramolecular Hbond substituents is 1. The van der Waals surface area contributed by atoms with Crippen LogP contribution in [0, 0.1) is 17.3 Å². The van der Waals surface area contributed by atoms with Gasteiger partial charge in [-0.3, -0.25) is 4.79 Å². The number of allylic oxidation sites excluding steroid dienone is 2. The van der Waals surface area contributed by atoms with Crippen molar-refractivity contribution >= 4 is 5.97 Å². The number of aliphatic hydroxyl groups is 1. The molecule has 40 heavy (non-hydrogen) atoms. The van der Waals surface area contributed by atoms with Crippen LogP contribution >= 0.6 is 0 Å². The maximum absolute atomic E-state index is 12.8. The molecule has 0 bridgehead atoms. The summed E-state index contributed by atoms with van der Waals surface area (Å²) in [5.41, 5.74) is 2.33. The molecule has 0 unspecified atom stereocenters. The fourth-order valence-electron chi connectivity index (χ4n) is 8.24. The number of aromatic hydroxyl groups is 1. The van der Waals surface area contributed by atoms with E-state index in [-0.39, 0.29) is 23.2 Å². The van der Waals surface area contributed by atoms with Gasteiger partial charge < -0.3 is 14.9 Å². The second kappa shape index (κ2) is 15.4. The summed E-state index contributed by atoms with van der Waals surface area (Å²) in [6, 6.07) is 3.54. The fraction of sp³-hybridized carbons (Fsp3) is 0.750. The summed E-state index contributed by atoms with van der Waals surface area (Å²) in [5, 5.41) is 21.1. The number of hydrogen-bond acceptors (Lipinski definition) is 4. The Labute approximate surface area is 244 Å². The fourth-order valence-corrected chi connectivity index (χ4v) is 8.24. The third-order valence-corrected chi connectivity index (χ3v) is 10.6. The third kappa shape index (κ3) is 7.93. The molecule has 0 radical (unpaired) electrons. The number of carbonyl (C=O) groups excluding carboxylic acids is 1. The van der Waals surface area contributed by atoms with Crippen molar-refractivity contribution < 1.29 is 19.7 Å². The molecule has 4 heteroatoms. The van der Waals surface area contributed by atoms with Crippen LogP contribution in [-0.2, 0) is 11.2 Å². The first-order valence-electron chi connectivity index (χ1n) is 16.8. The summed E-state index contributed by atoms with van der Waals surface area (Å²) in [4.78, 5) is 12.8. The first kappa shape index (κ1) is 31.1. The van der Waals surface area contributed by atoms with Gasteiger partial charge in [0.05, 0.1) is 6.10 Å². The van der Waals surface area contributed by atoms with Crippen molar-refractivity contribution in [2.75, 3.05) is 0 Å².